The molecule has 162 valence electrons. The van der Waals surface area contributed by atoms with Crippen molar-refractivity contribution in [3.05, 3.63) is 78.0 Å². The van der Waals surface area contributed by atoms with E-state index in [2.05, 4.69) is 22.2 Å². The Morgan fingerprint density at radius 3 is 2.52 bits per heavy atom. The first-order valence-corrected chi connectivity index (χ1v) is 10.2. The van der Waals surface area contributed by atoms with Crippen LogP contribution in [0.15, 0.2) is 71.9 Å². The zero-order chi connectivity index (χ0) is 21.9. The average Bonchev–Trinajstić information content (AvgIpc) is 2.79. The van der Waals surface area contributed by atoms with Crippen molar-refractivity contribution in [3.63, 3.8) is 0 Å². The van der Waals surface area contributed by atoms with Gasteiger partial charge in [0.25, 0.3) is 0 Å². The number of para-hydroxylation sites is 1. The van der Waals surface area contributed by atoms with Crippen LogP contribution in [0.4, 0.5) is 5.69 Å². The van der Waals surface area contributed by atoms with E-state index < -0.39 is 0 Å². The summed E-state index contributed by atoms with van der Waals surface area (Å²) in [7, 11) is 1.66. The predicted molar refractivity (Wildman–Crippen MR) is 123 cm³/mol. The molecular formula is C24H28N4O3. The van der Waals surface area contributed by atoms with E-state index in [1.165, 1.54) is 0 Å². The summed E-state index contributed by atoms with van der Waals surface area (Å²) in [6, 6.07) is 19.0. The van der Waals surface area contributed by atoms with Crippen molar-refractivity contribution in [1.82, 2.24) is 4.98 Å². The fourth-order valence-corrected chi connectivity index (χ4v) is 2.84. The van der Waals surface area contributed by atoms with Crippen molar-refractivity contribution in [2.75, 3.05) is 19.0 Å². The van der Waals surface area contributed by atoms with Crippen LogP contribution in [0.2, 0.25) is 0 Å². The summed E-state index contributed by atoms with van der Waals surface area (Å²) in [5, 5.41) is 3.13. The van der Waals surface area contributed by atoms with Gasteiger partial charge in [-0.05, 0) is 42.8 Å². The van der Waals surface area contributed by atoms with Gasteiger partial charge in [0.05, 0.1) is 19.8 Å². The quantitative estimate of drug-likeness (QED) is 0.364. The predicted octanol–water partition coefficient (Wildman–Crippen LogP) is 4.74. The summed E-state index contributed by atoms with van der Waals surface area (Å²) < 4.78 is 16.8. The summed E-state index contributed by atoms with van der Waals surface area (Å²) in [6.45, 7) is 3.57. The molecule has 0 saturated heterocycles. The number of nitrogens with one attached hydrogen (secondary N) is 1. The van der Waals surface area contributed by atoms with Gasteiger partial charge >= 0.3 is 0 Å². The molecule has 2 aromatic carbocycles. The number of aromatic nitrogens is 1. The Bertz CT molecular complexity index is 990. The zero-order valence-corrected chi connectivity index (χ0v) is 17.9. The number of hydrogen-bond acceptors (Lipinski definition) is 5. The molecule has 7 heteroatoms. The molecule has 0 bridgehead atoms. The first-order valence-electron chi connectivity index (χ1n) is 10.2. The van der Waals surface area contributed by atoms with E-state index >= 15 is 0 Å². The Morgan fingerprint density at radius 1 is 1.00 bits per heavy atom. The van der Waals surface area contributed by atoms with Crippen LogP contribution in [0.3, 0.4) is 0 Å². The van der Waals surface area contributed by atoms with Gasteiger partial charge in [0, 0.05) is 30.1 Å². The minimum atomic E-state index is 0.302. The van der Waals surface area contributed by atoms with Crippen molar-refractivity contribution >= 4 is 11.6 Å². The molecule has 7 nitrogen and oxygen atoms in total. The number of rotatable bonds is 10. The highest BCUT2D eigenvalue weighted by Gasteiger charge is 2.07. The van der Waals surface area contributed by atoms with Gasteiger partial charge < -0.3 is 25.3 Å². The van der Waals surface area contributed by atoms with Crippen molar-refractivity contribution in [1.29, 1.82) is 0 Å². The molecule has 0 aliphatic carbocycles. The Balaban J connectivity index is 1.66. The van der Waals surface area contributed by atoms with Crippen LogP contribution in [0.1, 0.15) is 24.5 Å². The fraction of sp³-hybridized carbons (Fsp3) is 0.250. The van der Waals surface area contributed by atoms with Crippen molar-refractivity contribution in [2.45, 2.75) is 26.5 Å². The van der Waals surface area contributed by atoms with Gasteiger partial charge in [-0.3, -0.25) is 0 Å². The van der Waals surface area contributed by atoms with Crippen molar-refractivity contribution < 1.29 is 14.2 Å². The summed E-state index contributed by atoms with van der Waals surface area (Å²) in [4.78, 5) is 8.79. The molecule has 0 atom stereocenters. The lowest BCUT2D eigenvalue weighted by atomic mass is 10.2. The average molecular weight is 421 g/mol. The third-order valence-electron chi connectivity index (χ3n) is 4.36. The number of guanidine groups is 1. The van der Waals surface area contributed by atoms with Crippen LogP contribution in [-0.2, 0) is 17.9 Å². The lowest BCUT2D eigenvalue weighted by Gasteiger charge is -2.12. The highest BCUT2D eigenvalue weighted by Crippen LogP contribution is 2.25. The van der Waals surface area contributed by atoms with Gasteiger partial charge in [-0.2, -0.15) is 0 Å². The Morgan fingerprint density at radius 2 is 1.74 bits per heavy atom. The van der Waals surface area contributed by atoms with E-state index in [0.29, 0.717) is 37.3 Å². The molecule has 0 amide bonds. The van der Waals surface area contributed by atoms with E-state index in [0.717, 1.165) is 29.0 Å². The molecule has 0 radical (unpaired) electrons. The first-order chi connectivity index (χ1) is 15.2. The van der Waals surface area contributed by atoms with Gasteiger partial charge in [-0.1, -0.05) is 31.2 Å². The highest BCUT2D eigenvalue weighted by atomic mass is 16.5. The van der Waals surface area contributed by atoms with Crippen LogP contribution < -0.4 is 20.5 Å². The van der Waals surface area contributed by atoms with Crippen LogP contribution >= 0.6 is 0 Å². The van der Waals surface area contributed by atoms with E-state index in [9.17, 15) is 0 Å². The number of methoxy groups -OCH3 is 1. The summed E-state index contributed by atoms with van der Waals surface area (Å²) >= 11 is 0. The Hall–Kier alpha value is -3.58. The maximum absolute atomic E-state index is 6.10. The molecule has 3 N–H and O–H groups in total. The molecule has 1 aromatic heterocycles. The maximum Gasteiger partial charge on any atom is 0.224 e. The van der Waals surface area contributed by atoms with Gasteiger partial charge in [-0.25, -0.2) is 9.98 Å². The zero-order valence-electron chi connectivity index (χ0n) is 17.9. The number of aliphatic imine (C=N–C) groups is 1. The van der Waals surface area contributed by atoms with E-state index in [1.807, 2.05) is 60.7 Å². The number of hydrogen-bond donors (Lipinski definition) is 2. The molecule has 0 fully saturated rings. The molecular weight excluding hydrogens is 392 g/mol. The number of nitrogens with zero attached hydrogens (tertiary/aromatic N) is 2. The molecule has 0 saturated carbocycles. The van der Waals surface area contributed by atoms with Crippen molar-refractivity contribution in [2.24, 2.45) is 10.7 Å². The normalized spacial score (nSPS) is 11.2. The molecule has 0 aliphatic rings. The SMILES string of the molecule is CCCOc1ccc(Oc2ncccc2CN=C(N)Nc2ccccc2COC)cc1. The fourth-order valence-electron chi connectivity index (χ4n) is 2.84. The maximum atomic E-state index is 6.10. The smallest absolute Gasteiger partial charge is 0.224 e. The highest BCUT2D eigenvalue weighted by molar-refractivity contribution is 5.92. The van der Waals surface area contributed by atoms with E-state index in [-0.39, 0.29) is 0 Å². The number of ether oxygens (including phenoxy) is 3. The van der Waals surface area contributed by atoms with Crippen molar-refractivity contribution in [3.8, 4) is 17.4 Å². The second-order valence-corrected chi connectivity index (χ2v) is 6.81. The summed E-state index contributed by atoms with van der Waals surface area (Å²) in [5.74, 6) is 2.27. The Kier molecular flexibility index (Phi) is 8.25. The molecule has 1 heterocycles. The Labute approximate surface area is 182 Å². The summed E-state index contributed by atoms with van der Waals surface area (Å²) in [6.07, 6.45) is 2.65. The van der Waals surface area contributed by atoms with Crippen LogP contribution in [0.25, 0.3) is 0 Å². The van der Waals surface area contributed by atoms with E-state index in [1.54, 1.807) is 13.3 Å². The van der Waals surface area contributed by atoms with Crippen LogP contribution in [0, 0.1) is 0 Å². The summed E-state index contributed by atoms with van der Waals surface area (Å²) in [5.41, 5.74) is 8.78. The third kappa shape index (κ3) is 6.72. The largest absolute Gasteiger partial charge is 0.494 e. The molecule has 0 unspecified atom stereocenters. The second-order valence-electron chi connectivity index (χ2n) is 6.81. The minimum Gasteiger partial charge on any atom is -0.494 e. The molecule has 3 rings (SSSR count). The lowest BCUT2D eigenvalue weighted by Crippen LogP contribution is -2.23. The number of benzene rings is 2. The molecule has 31 heavy (non-hydrogen) atoms. The topological polar surface area (TPSA) is 91.0 Å². The number of nitrogens with two attached hydrogens (primary N) is 1. The van der Waals surface area contributed by atoms with Gasteiger partial charge in [0.15, 0.2) is 5.96 Å². The third-order valence-corrected chi connectivity index (χ3v) is 4.36. The molecule has 0 spiro atoms. The van der Waals surface area contributed by atoms with Gasteiger partial charge in [-0.15, -0.1) is 0 Å². The van der Waals surface area contributed by atoms with E-state index in [4.69, 9.17) is 19.9 Å². The second kappa shape index (κ2) is 11.6. The van der Waals surface area contributed by atoms with Gasteiger partial charge in [0.1, 0.15) is 11.5 Å². The lowest BCUT2D eigenvalue weighted by molar-refractivity contribution is 0.185. The molecule has 3 aromatic rings. The first kappa shape index (κ1) is 22.1. The van der Waals surface area contributed by atoms with Crippen LogP contribution in [-0.4, -0.2) is 24.7 Å². The monoisotopic (exact) mass is 420 g/mol. The standard InChI is InChI=1S/C24H28N4O3/c1-3-15-30-20-10-12-21(13-11-20)31-23-18(8-6-14-26-23)16-27-24(25)28-22-9-5-4-7-19(22)17-29-2/h4-14H,3,15-17H2,1-2H3,(H3,25,27,28). The number of pyridine rings is 1. The van der Waals surface area contributed by atoms with Crippen LogP contribution in [0.5, 0.6) is 17.4 Å². The minimum absolute atomic E-state index is 0.302. The van der Waals surface area contributed by atoms with Gasteiger partial charge in [0.2, 0.25) is 5.88 Å². The number of anilines is 1. The molecule has 0 aliphatic heterocycles.